The number of hydrogen-bond acceptors (Lipinski definition) is 3. The van der Waals surface area contributed by atoms with E-state index < -0.39 is 0 Å². The van der Waals surface area contributed by atoms with Gasteiger partial charge in [0.2, 0.25) is 0 Å². The van der Waals surface area contributed by atoms with E-state index in [4.69, 9.17) is 0 Å². The number of benzene rings is 2. The molecular weight excluding hydrogens is 318 g/mol. The van der Waals surface area contributed by atoms with Crippen LogP contribution in [-0.4, -0.2) is 35.5 Å². The van der Waals surface area contributed by atoms with Gasteiger partial charge in [0.25, 0.3) is 0 Å². The Bertz CT molecular complexity index is 696. The molecule has 1 aliphatic rings. The molecule has 3 nitrogen and oxygen atoms in total. The summed E-state index contributed by atoms with van der Waals surface area (Å²) in [6, 6.07) is 22.2. The second-order valence-corrected chi connectivity index (χ2v) is 7.40. The van der Waals surface area contributed by atoms with E-state index >= 15 is 0 Å². The zero-order valence-corrected chi connectivity index (χ0v) is 15.8. The van der Waals surface area contributed by atoms with Crippen molar-refractivity contribution in [3.8, 4) is 6.07 Å². The SMILES string of the molecule is Cc1ccc(CN(Cc2ccccc2)CC(CC#N)N2CCCC2)cc1. The van der Waals surface area contributed by atoms with Gasteiger partial charge < -0.3 is 0 Å². The van der Waals surface area contributed by atoms with E-state index in [0.717, 1.165) is 32.7 Å². The second-order valence-electron chi connectivity index (χ2n) is 7.40. The van der Waals surface area contributed by atoms with Gasteiger partial charge in [-0.1, -0.05) is 60.2 Å². The summed E-state index contributed by atoms with van der Waals surface area (Å²) in [6.07, 6.45) is 3.14. The lowest BCUT2D eigenvalue weighted by molar-refractivity contribution is 0.152. The van der Waals surface area contributed by atoms with Crippen LogP contribution in [0.4, 0.5) is 0 Å². The van der Waals surface area contributed by atoms with E-state index in [-0.39, 0.29) is 0 Å². The Morgan fingerprint density at radius 2 is 1.58 bits per heavy atom. The average Bonchev–Trinajstić information content (AvgIpc) is 3.19. The highest BCUT2D eigenvalue weighted by atomic mass is 15.2. The molecular formula is C23H29N3. The minimum Gasteiger partial charge on any atom is -0.298 e. The summed E-state index contributed by atoms with van der Waals surface area (Å²) in [5, 5.41) is 9.32. The topological polar surface area (TPSA) is 30.3 Å². The molecule has 0 saturated carbocycles. The van der Waals surface area contributed by atoms with Crippen LogP contribution < -0.4 is 0 Å². The highest BCUT2D eigenvalue weighted by Gasteiger charge is 2.24. The van der Waals surface area contributed by atoms with Crippen LogP contribution in [0.15, 0.2) is 54.6 Å². The molecule has 2 aromatic carbocycles. The van der Waals surface area contributed by atoms with Gasteiger partial charge in [0.05, 0.1) is 12.5 Å². The number of likely N-dealkylation sites (tertiary alicyclic amines) is 1. The van der Waals surface area contributed by atoms with Crippen molar-refractivity contribution in [2.24, 2.45) is 0 Å². The first-order chi connectivity index (χ1) is 12.7. The van der Waals surface area contributed by atoms with E-state index in [1.807, 2.05) is 0 Å². The first-order valence-corrected chi connectivity index (χ1v) is 9.67. The molecule has 1 unspecified atom stereocenters. The molecule has 1 saturated heterocycles. The third-order valence-electron chi connectivity index (χ3n) is 5.23. The molecule has 136 valence electrons. The number of nitrogens with zero attached hydrogens (tertiary/aromatic N) is 3. The molecule has 2 aromatic rings. The van der Waals surface area contributed by atoms with Crippen molar-refractivity contribution in [3.63, 3.8) is 0 Å². The van der Waals surface area contributed by atoms with Gasteiger partial charge in [-0.3, -0.25) is 9.80 Å². The van der Waals surface area contributed by atoms with Crippen LogP contribution in [0.5, 0.6) is 0 Å². The molecule has 26 heavy (non-hydrogen) atoms. The maximum absolute atomic E-state index is 9.32. The zero-order valence-electron chi connectivity index (χ0n) is 15.8. The zero-order chi connectivity index (χ0) is 18.2. The van der Waals surface area contributed by atoms with Crippen LogP contribution in [0.2, 0.25) is 0 Å². The fraction of sp³-hybridized carbons (Fsp3) is 0.435. The molecule has 0 radical (unpaired) electrons. The normalized spacial score (nSPS) is 15.9. The van der Waals surface area contributed by atoms with E-state index in [0.29, 0.717) is 12.5 Å². The van der Waals surface area contributed by atoms with Gasteiger partial charge >= 0.3 is 0 Å². The van der Waals surface area contributed by atoms with Gasteiger partial charge in [-0.2, -0.15) is 5.26 Å². The fourth-order valence-corrected chi connectivity index (χ4v) is 3.80. The first-order valence-electron chi connectivity index (χ1n) is 9.67. The number of aryl methyl sites for hydroxylation is 1. The quantitative estimate of drug-likeness (QED) is 0.710. The molecule has 3 heteroatoms. The monoisotopic (exact) mass is 347 g/mol. The molecule has 0 amide bonds. The van der Waals surface area contributed by atoms with Crippen LogP contribution in [0.3, 0.4) is 0 Å². The molecule has 3 rings (SSSR count). The van der Waals surface area contributed by atoms with Crippen molar-refractivity contribution in [2.75, 3.05) is 19.6 Å². The van der Waals surface area contributed by atoms with Crippen molar-refractivity contribution in [1.82, 2.24) is 9.80 Å². The molecule has 1 atom stereocenters. The lowest BCUT2D eigenvalue weighted by Crippen LogP contribution is -2.42. The van der Waals surface area contributed by atoms with E-state index in [1.54, 1.807) is 0 Å². The lowest BCUT2D eigenvalue weighted by atomic mass is 10.1. The average molecular weight is 348 g/mol. The standard InChI is InChI=1S/C23H29N3/c1-20-9-11-22(12-10-20)18-25(17-21-7-3-2-4-8-21)19-23(13-14-24)26-15-5-6-16-26/h2-4,7-12,23H,5-6,13,15-19H2,1H3. The minimum absolute atomic E-state index is 0.330. The number of rotatable bonds is 8. The van der Waals surface area contributed by atoms with E-state index in [2.05, 4.69) is 77.4 Å². The van der Waals surface area contributed by atoms with Crippen LogP contribution in [0, 0.1) is 18.3 Å². The first kappa shape index (κ1) is 18.6. The lowest BCUT2D eigenvalue weighted by Gasteiger charge is -2.32. The van der Waals surface area contributed by atoms with E-state index in [9.17, 15) is 5.26 Å². The van der Waals surface area contributed by atoms with Crippen molar-refractivity contribution in [2.45, 2.75) is 45.3 Å². The molecule has 1 fully saturated rings. The Morgan fingerprint density at radius 1 is 0.962 bits per heavy atom. The van der Waals surface area contributed by atoms with Gasteiger partial charge in [-0.05, 0) is 44.0 Å². The minimum atomic E-state index is 0.330. The molecule has 0 spiro atoms. The molecule has 0 bridgehead atoms. The highest BCUT2D eigenvalue weighted by Crippen LogP contribution is 2.18. The summed E-state index contributed by atoms with van der Waals surface area (Å²) in [5.41, 5.74) is 3.96. The second kappa shape index (κ2) is 9.52. The molecule has 0 N–H and O–H groups in total. The highest BCUT2D eigenvalue weighted by molar-refractivity contribution is 5.21. The van der Waals surface area contributed by atoms with Crippen molar-refractivity contribution >= 4 is 0 Å². The van der Waals surface area contributed by atoms with Crippen molar-refractivity contribution in [3.05, 3.63) is 71.3 Å². The van der Waals surface area contributed by atoms with Crippen LogP contribution in [-0.2, 0) is 13.1 Å². The predicted octanol–water partition coefficient (Wildman–Crippen LogP) is 4.38. The van der Waals surface area contributed by atoms with Gasteiger partial charge in [0.15, 0.2) is 0 Å². The largest absolute Gasteiger partial charge is 0.298 e. The summed E-state index contributed by atoms with van der Waals surface area (Å²) < 4.78 is 0. The van der Waals surface area contributed by atoms with Crippen LogP contribution >= 0.6 is 0 Å². The Morgan fingerprint density at radius 3 is 2.19 bits per heavy atom. The molecule has 1 heterocycles. The fourth-order valence-electron chi connectivity index (χ4n) is 3.80. The Kier molecular flexibility index (Phi) is 6.82. The summed E-state index contributed by atoms with van der Waals surface area (Å²) in [7, 11) is 0. The Balaban J connectivity index is 1.74. The summed E-state index contributed by atoms with van der Waals surface area (Å²) >= 11 is 0. The van der Waals surface area contributed by atoms with Crippen molar-refractivity contribution < 1.29 is 0 Å². The van der Waals surface area contributed by atoms with Crippen LogP contribution in [0.1, 0.15) is 36.0 Å². The molecule has 0 aliphatic carbocycles. The number of hydrogen-bond donors (Lipinski definition) is 0. The van der Waals surface area contributed by atoms with Gasteiger partial charge in [-0.25, -0.2) is 0 Å². The summed E-state index contributed by atoms with van der Waals surface area (Å²) in [4.78, 5) is 5.01. The molecule has 0 aromatic heterocycles. The Labute approximate surface area is 157 Å². The smallest absolute Gasteiger partial charge is 0.0638 e. The predicted molar refractivity (Wildman–Crippen MR) is 107 cm³/mol. The summed E-state index contributed by atoms with van der Waals surface area (Å²) in [6.45, 7) is 7.18. The Hall–Kier alpha value is -2.15. The van der Waals surface area contributed by atoms with Gasteiger partial charge in [-0.15, -0.1) is 0 Å². The molecule has 1 aliphatic heterocycles. The van der Waals surface area contributed by atoms with E-state index in [1.165, 1.54) is 29.5 Å². The maximum atomic E-state index is 9.32. The number of nitriles is 1. The maximum Gasteiger partial charge on any atom is 0.0638 e. The van der Waals surface area contributed by atoms with Crippen LogP contribution in [0.25, 0.3) is 0 Å². The van der Waals surface area contributed by atoms with Crippen molar-refractivity contribution in [1.29, 1.82) is 5.26 Å². The van der Waals surface area contributed by atoms with Gasteiger partial charge in [0.1, 0.15) is 0 Å². The third-order valence-corrected chi connectivity index (χ3v) is 5.23. The van der Waals surface area contributed by atoms with Gasteiger partial charge in [0, 0.05) is 25.7 Å². The summed E-state index contributed by atoms with van der Waals surface area (Å²) in [5.74, 6) is 0. The third kappa shape index (κ3) is 5.42.